The van der Waals surface area contributed by atoms with Crippen LogP contribution in [0.15, 0.2) is 71.7 Å². The molecular formula is C22H18N2OS. The van der Waals surface area contributed by atoms with E-state index in [0.29, 0.717) is 0 Å². The zero-order chi connectivity index (χ0) is 17.9. The Hall–Kier alpha value is -2.98. The average molecular weight is 358 g/mol. The third-order valence-electron chi connectivity index (χ3n) is 4.15. The molecule has 0 unspecified atom stereocenters. The van der Waals surface area contributed by atoms with Crippen molar-refractivity contribution in [2.75, 3.05) is 7.11 Å². The van der Waals surface area contributed by atoms with Crippen LogP contribution in [0.5, 0.6) is 5.75 Å². The molecule has 0 bridgehead atoms. The number of hydrogen-bond donors (Lipinski definition) is 0. The molecule has 0 radical (unpaired) electrons. The van der Waals surface area contributed by atoms with Crippen LogP contribution in [-0.4, -0.2) is 18.3 Å². The molecule has 0 N–H and O–H groups in total. The molecule has 0 amide bonds. The minimum absolute atomic E-state index is 0.817. The highest BCUT2D eigenvalue weighted by Crippen LogP contribution is 2.31. The number of hydrogen-bond acceptors (Lipinski definition) is 4. The molecule has 4 heteroatoms. The minimum atomic E-state index is 0.817. The molecule has 4 rings (SSSR count). The smallest absolute Gasteiger partial charge is 0.127 e. The van der Waals surface area contributed by atoms with Gasteiger partial charge in [0.1, 0.15) is 10.8 Å². The molecule has 0 aliphatic rings. The number of methoxy groups -OCH3 is 1. The van der Waals surface area contributed by atoms with Gasteiger partial charge in [0.05, 0.1) is 23.0 Å². The van der Waals surface area contributed by atoms with Crippen molar-refractivity contribution in [3.05, 3.63) is 77.9 Å². The predicted octanol–water partition coefficient (Wildman–Crippen LogP) is 6.03. The molecule has 0 aliphatic heterocycles. The predicted molar refractivity (Wildman–Crippen MR) is 110 cm³/mol. The van der Waals surface area contributed by atoms with E-state index in [2.05, 4.69) is 42.2 Å². The van der Waals surface area contributed by atoms with Crippen molar-refractivity contribution in [2.45, 2.75) is 6.92 Å². The quantitative estimate of drug-likeness (QED) is 0.417. The lowest BCUT2D eigenvalue weighted by Crippen LogP contribution is -1.89. The average Bonchev–Trinajstić information content (AvgIpc) is 3.10. The van der Waals surface area contributed by atoms with Crippen molar-refractivity contribution in [1.82, 2.24) is 4.98 Å². The second kappa shape index (κ2) is 7.10. The van der Waals surface area contributed by atoms with Gasteiger partial charge < -0.3 is 4.74 Å². The van der Waals surface area contributed by atoms with Gasteiger partial charge in [-0.25, -0.2) is 4.98 Å². The Labute approximate surface area is 156 Å². The fourth-order valence-electron chi connectivity index (χ4n) is 2.76. The van der Waals surface area contributed by atoms with Crippen LogP contribution < -0.4 is 4.74 Å². The number of para-hydroxylation sites is 1. The van der Waals surface area contributed by atoms with E-state index in [-0.39, 0.29) is 0 Å². The first kappa shape index (κ1) is 16.5. The Morgan fingerprint density at radius 1 is 1.00 bits per heavy atom. The number of rotatable bonds is 4. The van der Waals surface area contributed by atoms with E-state index in [1.54, 1.807) is 18.4 Å². The number of thiazole rings is 1. The van der Waals surface area contributed by atoms with E-state index in [9.17, 15) is 0 Å². The number of aromatic nitrogens is 1. The van der Waals surface area contributed by atoms with Gasteiger partial charge in [-0.05, 0) is 61.0 Å². The van der Waals surface area contributed by atoms with Gasteiger partial charge >= 0.3 is 0 Å². The number of ether oxygens (including phenoxy) is 1. The normalized spacial score (nSPS) is 11.3. The molecular weight excluding hydrogens is 340 g/mol. The topological polar surface area (TPSA) is 34.5 Å². The van der Waals surface area contributed by atoms with Gasteiger partial charge in [-0.2, -0.15) is 0 Å². The highest BCUT2D eigenvalue weighted by molar-refractivity contribution is 7.21. The van der Waals surface area contributed by atoms with E-state index < -0.39 is 0 Å². The SMILES string of the molecule is COc1ccccc1C=Nc1ccc(-c2nc3ccc(C)cc3s2)cc1. The highest BCUT2D eigenvalue weighted by Gasteiger charge is 2.06. The zero-order valence-electron chi connectivity index (χ0n) is 14.6. The number of fused-ring (bicyclic) bond motifs is 1. The Balaban J connectivity index is 1.59. The maximum Gasteiger partial charge on any atom is 0.127 e. The fourth-order valence-corrected chi connectivity index (χ4v) is 3.83. The summed E-state index contributed by atoms with van der Waals surface area (Å²) in [5.74, 6) is 0.817. The van der Waals surface area contributed by atoms with Crippen molar-refractivity contribution < 1.29 is 4.74 Å². The molecule has 1 heterocycles. The van der Waals surface area contributed by atoms with Gasteiger partial charge in [0, 0.05) is 17.3 Å². The van der Waals surface area contributed by atoms with Gasteiger partial charge in [-0.15, -0.1) is 11.3 Å². The summed E-state index contributed by atoms with van der Waals surface area (Å²) in [5, 5.41) is 1.03. The summed E-state index contributed by atoms with van der Waals surface area (Å²) in [7, 11) is 1.67. The molecule has 0 saturated carbocycles. The second-order valence-electron chi connectivity index (χ2n) is 6.04. The lowest BCUT2D eigenvalue weighted by Gasteiger charge is -2.03. The van der Waals surface area contributed by atoms with E-state index in [4.69, 9.17) is 9.72 Å². The van der Waals surface area contributed by atoms with Crippen molar-refractivity contribution in [1.29, 1.82) is 0 Å². The van der Waals surface area contributed by atoms with E-state index in [1.165, 1.54) is 10.3 Å². The monoisotopic (exact) mass is 358 g/mol. The van der Waals surface area contributed by atoms with Crippen molar-refractivity contribution in [3.63, 3.8) is 0 Å². The summed E-state index contributed by atoms with van der Waals surface area (Å²) < 4.78 is 6.57. The van der Waals surface area contributed by atoms with Gasteiger partial charge in [0.2, 0.25) is 0 Å². The van der Waals surface area contributed by atoms with Gasteiger partial charge in [-0.1, -0.05) is 18.2 Å². The number of nitrogens with zero attached hydrogens (tertiary/aromatic N) is 2. The molecule has 0 aliphatic carbocycles. The minimum Gasteiger partial charge on any atom is -0.496 e. The summed E-state index contributed by atoms with van der Waals surface area (Å²) in [6, 6.07) is 22.4. The van der Waals surface area contributed by atoms with E-state index in [1.807, 2.05) is 42.6 Å². The first-order chi connectivity index (χ1) is 12.7. The Bertz CT molecular complexity index is 1080. The lowest BCUT2D eigenvalue weighted by atomic mass is 10.2. The Morgan fingerprint density at radius 3 is 2.62 bits per heavy atom. The number of benzene rings is 3. The molecule has 0 fully saturated rings. The van der Waals surface area contributed by atoms with Crippen LogP contribution in [0.25, 0.3) is 20.8 Å². The maximum absolute atomic E-state index is 5.35. The molecule has 4 aromatic rings. The van der Waals surface area contributed by atoms with Gasteiger partial charge in [-0.3, -0.25) is 4.99 Å². The molecule has 128 valence electrons. The highest BCUT2D eigenvalue weighted by atomic mass is 32.1. The fraction of sp³-hybridized carbons (Fsp3) is 0.0909. The summed E-state index contributed by atoms with van der Waals surface area (Å²) >= 11 is 1.72. The molecule has 0 atom stereocenters. The third-order valence-corrected chi connectivity index (χ3v) is 5.22. The summed E-state index contributed by atoms with van der Waals surface area (Å²) in [4.78, 5) is 9.29. The molecule has 1 aromatic heterocycles. The number of aryl methyl sites for hydroxylation is 1. The second-order valence-corrected chi connectivity index (χ2v) is 7.07. The van der Waals surface area contributed by atoms with Gasteiger partial charge in [0.15, 0.2) is 0 Å². The van der Waals surface area contributed by atoms with Crippen LogP contribution in [-0.2, 0) is 0 Å². The molecule has 3 nitrogen and oxygen atoms in total. The molecule has 3 aromatic carbocycles. The number of aliphatic imine (C=N–C) groups is 1. The summed E-state index contributed by atoms with van der Waals surface area (Å²) in [5.41, 5.74) is 5.28. The maximum atomic E-state index is 5.35. The zero-order valence-corrected chi connectivity index (χ0v) is 15.5. The largest absolute Gasteiger partial charge is 0.496 e. The van der Waals surface area contributed by atoms with E-state index in [0.717, 1.165) is 33.1 Å². The van der Waals surface area contributed by atoms with Crippen LogP contribution in [0.3, 0.4) is 0 Å². The Morgan fingerprint density at radius 2 is 1.81 bits per heavy atom. The van der Waals surface area contributed by atoms with Crippen LogP contribution in [0.1, 0.15) is 11.1 Å². The third kappa shape index (κ3) is 3.37. The summed E-state index contributed by atoms with van der Waals surface area (Å²) in [6.07, 6.45) is 1.83. The molecule has 26 heavy (non-hydrogen) atoms. The molecule has 0 saturated heterocycles. The van der Waals surface area contributed by atoms with Crippen LogP contribution in [0.2, 0.25) is 0 Å². The van der Waals surface area contributed by atoms with Gasteiger partial charge in [0.25, 0.3) is 0 Å². The summed E-state index contributed by atoms with van der Waals surface area (Å²) in [6.45, 7) is 2.10. The molecule has 0 spiro atoms. The first-order valence-electron chi connectivity index (χ1n) is 8.38. The lowest BCUT2D eigenvalue weighted by molar-refractivity contribution is 0.414. The van der Waals surface area contributed by atoms with Crippen molar-refractivity contribution >= 4 is 33.5 Å². The Kier molecular flexibility index (Phi) is 4.50. The van der Waals surface area contributed by atoms with Crippen LogP contribution >= 0.6 is 11.3 Å². The standard InChI is InChI=1S/C22H18N2OS/c1-15-7-12-19-21(13-15)26-22(24-19)16-8-10-18(11-9-16)23-14-17-5-3-4-6-20(17)25-2/h3-14H,1-2H3. The van der Waals surface area contributed by atoms with Crippen LogP contribution in [0.4, 0.5) is 5.69 Å². The first-order valence-corrected chi connectivity index (χ1v) is 9.19. The van der Waals surface area contributed by atoms with Crippen LogP contribution in [0, 0.1) is 6.92 Å². The van der Waals surface area contributed by atoms with Crippen molar-refractivity contribution in [3.8, 4) is 16.3 Å². The van der Waals surface area contributed by atoms with E-state index >= 15 is 0 Å². The van der Waals surface area contributed by atoms with Crippen molar-refractivity contribution in [2.24, 2.45) is 4.99 Å².